The van der Waals surface area contributed by atoms with Gasteiger partial charge in [0, 0.05) is 30.4 Å². The molecule has 1 N–H and O–H groups in total. The van der Waals surface area contributed by atoms with Gasteiger partial charge in [0.1, 0.15) is 0 Å². The summed E-state index contributed by atoms with van der Waals surface area (Å²) < 4.78 is 0. The topological polar surface area (TPSA) is 28.2 Å². The SMILES string of the molecule is CCN(CC(C)C)c1nc(C2CC2)c(CNCC(C)C)s1. The standard InChI is InChI=1S/C17H31N3S/c1-6-20(11-13(4)5)17-19-16(14-7-8-14)15(21-17)10-18-9-12(2)3/h12-14,18H,6-11H2,1-5H3. The molecule has 0 saturated heterocycles. The van der Waals surface area contributed by atoms with Crippen LogP contribution < -0.4 is 10.2 Å². The van der Waals surface area contributed by atoms with Gasteiger partial charge in [-0.2, -0.15) is 0 Å². The zero-order valence-corrected chi connectivity index (χ0v) is 15.1. The molecular weight excluding hydrogens is 278 g/mol. The van der Waals surface area contributed by atoms with Gasteiger partial charge in [-0.3, -0.25) is 0 Å². The maximum atomic E-state index is 5.00. The van der Waals surface area contributed by atoms with Gasteiger partial charge >= 0.3 is 0 Å². The molecule has 0 aromatic carbocycles. The Bertz CT molecular complexity index is 435. The molecular formula is C17H31N3S. The van der Waals surface area contributed by atoms with E-state index in [9.17, 15) is 0 Å². The lowest BCUT2D eigenvalue weighted by Gasteiger charge is -2.21. The second kappa shape index (κ2) is 7.59. The number of nitrogens with zero attached hydrogens (tertiary/aromatic N) is 2. The minimum Gasteiger partial charge on any atom is -0.348 e. The van der Waals surface area contributed by atoms with Crippen molar-refractivity contribution in [2.24, 2.45) is 11.8 Å². The second-order valence-corrected chi connectivity index (χ2v) is 8.10. The monoisotopic (exact) mass is 309 g/mol. The van der Waals surface area contributed by atoms with E-state index in [1.165, 1.54) is 28.5 Å². The summed E-state index contributed by atoms with van der Waals surface area (Å²) in [6.07, 6.45) is 2.66. The molecule has 1 saturated carbocycles. The summed E-state index contributed by atoms with van der Waals surface area (Å²) >= 11 is 1.91. The minimum absolute atomic E-state index is 0.681. The number of hydrogen-bond acceptors (Lipinski definition) is 4. The molecule has 1 aliphatic carbocycles. The van der Waals surface area contributed by atoms with Crippen LogP contribution in [0, 0.1) is 11.8 Å². The summed E-state index contributed by atoms with van der Waals surface area (Å²) in [6, 6.07) is 0. The van der Waals surface area contributed by atoms with Crippen LogP contribution in [0.15, 0.2) is 0 Å². The Kier molecular flexibility index (Phi) is 6.06. The molecule has 2 rings (SSSR count). The van der Waals surface area contributed by atoms with Crippen molar-refractivity contribution in [1.82, 2.24) is 10.3 Å². The highest BCUT2D eigenvalue weighted by molar-refractivity contribution is 7.15. The lowest BCUT2D eigenvalue weighted by molar-refractivity contribution is 0.553. The summed E-state index contributed by atoms with van der Waals surface area (Å²) in [4.78, 5) is 8.90. The third-order valence-corrected chi connectivity index (χ3v) is 4.89. The van der Waals surface area contributed by atoms with Crippen LogP contribution in [-0.2, 0) is 6.54 Å². The number of nitrogens with one attached hydrogen (secondary N) is 1. The van der Waals surface area contributed by atoms with Gasteiger partial charge in [-0.15, -0.1) is 11.3 Å². The molecule has 0 amide bonds. The van der Waals surface area contributed by atoms with Crippen LogP contribution in [0.2, 0.25) is 0 Å². The van der Waals surface area contributed by atoms with Gasteiger partial charge < -0.3 is 10.2 Å². The molecule has 1 aromatic heterocycles. The Balaban J connectivity index is 2.08. The molecule has 1 heterocycles. The molecule has 3 nitrogen and oxygen atoms in total. The quantitative estimate of drug-likeness (QED) is 0.739. The Labute approximate surface area is 134 Å². The zero-order valence-electron chi connectivity index (χ0n) is 14.3. The van der Waals surface area contributed by atoms with Crippen LogP contribution in [0.1, 0.15) is 63.9 Å². The van der Waals surface area contributed by atoms with Crippen LogP contribution >= 0.6 is 11.3 Å². The van der Waals surface area contributed by atoms with Crippen LogP contribution in [0.25, 0.3) is 0 Å². The van der Waals surface area contributed by atoms with Gasteiger partial charge in [0.15, 0.2) is 5.13 Å². The lowest BCUT2D eigenvalue weighted by Crippen LogP contribution is -2.27. The van der Waals surface area contributed by atoms with Gasteiger partial charge in [-0.1, -0.05) is 27.7 Å². The number of rotatable bonds is 9. The largest absolute Gasteiger partial charge is 0.348 e. The van der Waals surface area contributed by atoms with Gasteiger partial charge in [-0.05, 0) is 38.1 Å². The van der Waals surface area contributed by atoms with E-state index in [2.05, 4.69) is 44.8 Å². The fourth-order valence-corrected chi connectivity index (χ4v) is 3.73. The third-order valence-electron chi connectivity index (χ3n) is 3.76. The van der Waals surface area contributed by atoms with E-state index in [0.717, 1.165) is 32.1 Å². The average molecular weight is 310 g/mol. The van der Waals surface area contributed by atoms with Crippen molar-refractivity contribution in [3.63, 3.8) is 0 Å². The average Bonchev–Trinajstić information content (AvgIpc) is 3.17. The molecule has 0 radical (unpaired) electrons. The molecule has 0 spiro atoms. The maximum absolute atomic E-state index is 5.00. The van der Waals surface area contributed by atoms with Crippen molar-refractivity contribution in [2.75, 3.05) is 24.5 Å². The highest BCUT2D eigenvalue weighted by Gasteiger charge is 2.30. The van der Waals surface area contributed by atoms with Crippen molar-refractivity contribution < 1.29 is 0 Å². The molecule has 0 unspecified atom stereocenters. The Morgan fingerprint density at radius 1 is 1.24 bits per heavy atom. The molecule has 0 bridgehead atoms. The van der Waals surface area contributed by atoms with Crippen LogP contribution in [0.5, 0.6) is 0 Å². The molecule has 0 aliphatic heterocycles. The smallest absolute Gasteiger partial charge is 0.185 e. The predicted molar refractivity (Wildman–Crippen MR) is 93.4 cm³/mol. The summed E-state index contributed by atoms with van der Waals surface area (Å²) in [6.45, 7) is 15.5. The van der Waals surface area contributed by atoms with Gasteiger partial charge in [-0.25, -0.2) is 4.98 Å². The van der Waals surface area contributed by atoms with E-state index in [0.29, 0.717) is 11.8 Å². The van der Waals surface area contributed by atoms with Crippen LogP contribution in [0.3, 0.4) is 0 Å². The molecule has 1 aromatic rings. The second-order valence-electron chi connectivity index (χ2n) is 7.04. The predicted octanol–water partition coefficient (Wildman–Crippen LogP) is 4.25. The van der Waals surface area contributed by atoms with Crippen molar-refractivity contribution in [2.45, 2.75) is 59.9 Å². The summed E-state index contributed by atoms with van der Waals surface area (Å²) in [5.41, 5.74) is 1.38. The summed E-state index contributed by atoms with van der Waals surface area (Å²) in [5, 5.41) is 4.82. The molecule has 4 heteroatoms. The van der Waals surface area contributed by atoms with Crippen molar-refractivity contribution in [3.8, 4) is 0 Å². The first-order chi connectivity index (χ1) is 10.0. The highest BCUT2D eigenvalue weighted by Crippen LogP contribution is 2.44. The van der Waals surface area contributed by atoms with Gasteiger partial charge in [0.2, 0.25) is 0 Å². The van der Waals surface area contributed by atoms with E-state index in [-0.39, 0.29) is 0 Å². The van der Waals surface area contributed by atoms with Crippen molar-refractivity contribution in [3.05, 3.63) is 10.6 Å². The molecule has 120 valence electrons. The molecule has 21 heavy (non-hydrogen) atoms. The van der Waals surface area contributed by atoms with Crippen LogP contribution in [0.4, 0.5) is 5.13 Å². The number of aromatic nitrogens is 1. The minimum atomic E-state index is 0.681. The van der Waals surface area contributed by atoms with Crippen molar-refractivity contribution in [1.29, 1.82) is 0 Å². The molecule has 1 fully saturated rings. The summed E-state index contributed by atoms with van der Waals surface area (Å²) in [5.74, 6) is 2.12. The normalized spacial score (nSPS) is 15.2. The fourth-order valence-electron chi connectivity index (χ4n) is 2.55. The maximum Gasteiger partial charge on any atom is 0.185 e. The Morgan fingerprint density at radius 2 is 1.95 bits per heavy atom. The van der Waals surface area contributed by atoms with Gasteiger partial charge in [0.25, 0.3) is 0 Å². The van der Waals surface area contributed by atoms with E-state index in [4.69, 9.17) is 4.98 Å². The first-order valence-electron chi connectivity index (χ1n) is 8.46. The first kappa shape index (κ1) is 16.8. The van der Waals surface area contributed by atoms with E-state index in [1.807, 2.05) is 11.3 Å². The van der Waals surface area contributed by atoms with E-state index >= 15 is 0 Å². The first-order valence-corrected chi connectivity index (χ1v) is 9.28. The zero-order chi connectivity index (χ0) is 15.4. The van der Waals surface area contributed by atoms with E-state index in [1.54, 1.807) is 0 Å². The molecule has 1 aliphatic rings. The molecule has 0 atom stereocenters. The van der Waals surface area contributed by atoms with E-state index < -0.39 is 0 Å². The summed E-state index contributed by atoms with van der Waals surface area (Å²) in [7, 11) is 0. The van der Waals surface area contributed by atoms with Crippen LogP contribution in [-0.4, -0.2) is 24.6 Å². The Morgan fingerprint density at radius 3 is 2.48 bits per heavy atom. The number of anilines is 1. The Hall–Kier alpha value is -0.610. The number of thiazole rings is 1. The number of hydrogen-bond donors (Lipinski definition) is 1. The lowest BCUT2D eigenvalue weighted by atomic mass is 10.2. The van der Waals surface area contributed by atoms with Crippen molar-refractivity contribution >= 4 is 16.5 Å². The highest BCUT2D eigenvalue weighted by atomic mass is 32.1. The van der Waals surface area contributed by atoms with Gasteiger partial charge in [0.05, 0.1) is 5.69 Å². The third kappa shape index (κ3) is 4.96. The fraction of sp³-hybridized carbons (Fsp3) is 0.824.